The Kier molecular flexibility index (Phi) is 4.32. The molecule has 0 aliphatic heterocycles. The number of hydrogen-bond acceptors (Lipinski definition) is 5. The number of hydrogen-bond donors (Lipinski definition) is 2. The Labute approximate surface area is 93.4 Å². The normalized spacial score (nSPS) is 9.93. The van der Waals surface area contributed by atoms with Gasteiger partial charge in [0.05, 0.1) is 19.1 Å². The van der Waals surface area contributed by atoms with Crippen molar-refractivity contribution in [1.29, 1.82) is 0 Å². The minimum absolute atomic E-state index is 0.298. The maximum Gasteiger partial charge on any atom is 0.492 e. The van der Waals surface area contributed by atoms with E-state index in [0.717, 1.165) is 4.90 Å². The van der Waals surface area contributed by atoms with Crippen molar-refractivity contribution in [1.82, 2.24) is 0 Å². The van der Waals surface area contributed by atoms with Crippen LogP contribution in [0, 0.1) is 0 Å². The molecule has 0 heterocycles. The van der Waals surface area contributed by atoms with Crippen molar-refractivity contribution in [2.24, 2.45) is 0 Å². The highest BCUT2D eigenvalue weighted by Crippen LogP contribution is 2.30. The molecule has 4 nitrogen and oxygen atoms in total. The van der Waals surface area contributed by atoms with Crippen LogP contribution in [0.4, 0.5) is 0 Å². The standard InChI is InChI=1S/C9H13BO4S/c1-13-7-5-9(15-3)8(14-2)4-6(7)10(11)12/h4-5,11-12H,1-3H3. The topological polar surface area (TPSA) is 58.9 Å². The third kappa shape index (κ3) is 2.59. The van der Waals surface area contributed by atoms with E-state index in [1.807, 2.05) is 6.26 Å². The zero-order valence-electron chi connectivity index (χ0n) is 8.85. The van der Waals surface area contributed by atoms with E-state index in [4.69, 9.17) is 19.5 Å². The largest absolute Gasteiger partial charge is 0.497 e. The van der Waals surface area contributed by atoms with E-state index in [9.17, 15) is 0 Å². The molecule has 1 rings (SSSR count). The van der Waals surface area contributed by atoms with Crippen LogP contribution in [-0.4, -0.2) is 37.6 Å². The van der Waals surface area contributed by atoms with E-state index < -0.39 is 7.12 Å². The Hall–Kier alpha value is -0.845. The number of methoxy groups -OCH3 is 2. The van der Waals surface area contributed by atoms with Crippen LogP contribution in [0.15, 0.2) is 17.0 Å². The molecule has 0 saturated heterocycles. The lowest BCUT2D eigenvalue weighted by Gasteiger charge is -2.13. The summed E-state index contributed by atoms with van der Waals surface area (Å²) in [7, 11) is 1.46. The summed E-state index contributed by atoms with van der Waals surface area (Å²) >= 11 is 1.50. The Morgan fingerprint density at radius 3 is 2.13 bits per heavy atom. The highest BCUT2D eigenvalue weighted by molar-refractivity contribution is 7.98. The Morgan fingerprint density at radius 1 is 1.13 bits per heavy atom. The van der Waals surface area contributed by atoms with Crippen molar-refractivity contribution in [3.63, 3.8) is 0 Å². The van der Waals surface area contributed by atoms with Gasteiger partial charge in [0.25, 0.3) is 0 Å². The lowest BCUT2D eigenvalue weighted by molar-refractivity contribution is 0.389. The van der Waals surface area contributed by atoms with Crippen molar-refractivity contribution >= 4 is 24.3 Å². The zero-order chi connectivity index (χ0) is 11.4. The molecule has 0 amide bonds. The van der Waals surface area contributed by atoms with Crippen LogP contribution in [0.1, 0.15) is 0 Å². The van der Waals surface area contributed by atoms with Crippen molar-refractivity contribution in [2.75, 3.05) is 20.5 Å². The monoisotopic (exact) mass is 228 g/mol. The quantitative estimate of drug-likeness (QED) is 0.565. The lowest BCUT2D eigenvalue weighted by Crippen LogP contribution is -2.31. The average Bonchev–Trinajstić information content (AvgIpc) is 2.26. The van der Waals surface area contributed by atoms with Crippen LogP contribution in [-0.2, 0) is 0 Å². The van der Waals surface area contributed by atoms with Crippen LogP contribution >= 0.6 is 11.8 Å². The van der Waals surface area contributed by atoms with Gasteiger partial charge in [-0.2, -0.15) is 0 Å². The second-order valence-corrected chi connectivity index (χ2v) is 3.67. The summed E-state index contributed by atoms with van der Waals surface area (Å²) in [5.74, 6) is 1.04. The molecule has 0 bridgehead atoms. The maximum absolute atomic E-state index is 9.13. The maximum atomic E-state index is 9.13. The molecule has 0 aromatic heterocycles. The molecule has 1 aromatic rings. The number of ether oxygens (including phenoxy) is 2. The van der Waals surface area contributed by atoms with Gasteiger partial charge in [-0.3, -0.25) is 0 Å². The van der Waals surface area contributed by atoms with Crippen molar-refractivity contribution in [3.05, 3.63) is 12.1 Å². The van der Waals surface area contributed by atoms with E-state index in [-0.39, 0.29) is 0 Å². The predicted molar refractivity (Wildman–Crippen MR) is 61.2 cm³/mol. The fraction of sp³-hybridized carbons (Fsp3) is 0.333. The van der Waals surface area contributed by atoms with Crippen molar-refractivity contribution in [3.8, 4) is 11.5 Å². The molecule has 0 radical (unpaired) electrons. The summed E-state index contributed by atoms with van der Waals surface area (Å²) in [5.41, 5.74) is 0.298. The van der Waals surface area contributed by atoms with Crippen LogP contribution < -0.4 is 14.9 Å². The highest BCUT2D eigenvalue weighted by atomic mass is 32.2. The van der Waals surface area contributed by atoms with Crippen LogP contribution in [0.3, 0.4) is 0 Å². The summed E-state index contributed by atoms with van der Waals surface area (Å²) in [6.45, 7) is 0. The van der Waals surface area contributed by atoms with E-state index >= 15 is 0 Å². The van der Waals surface area contributed by atoms with Gasteiger partial charge in [0.2, 0.25) is 0 Å². The second kappa shape index (κ2) is 5.30. The smallest absolute Gasteiger partial charge is 0.492 e. The molecular formula is C9H13BO4S. The van der Waals surface area contributed by atoms with Gasteiger partial charge in [-0.1, -0.05) is 0 Å². The minimum Gasteiger partial charge on any atom is -0.497 e. The first-order valence-corrected chi connectivity index (χ1v) is 5.52. The summed E-state index contributed by atoms with van der Waals surface area (Å²) < 4.78 is 10.2. The molecule has 2 N–H and O–H groups in total. The fourth-order valence-corrected chi connectivity index (χ4v) is 1.82. The fourth-order valence-electron chi connectivity index (χ4n) is 1.25. The SMILES string of the molecule is COc1cc(B(O)O)c(OC)cc1SC. The van der Waals surface area contributed by atoms with Gasteiger partial charge in [0, 0.05) is 5.46 Å². The van der Waals surface area contributed by atoms with Crippen LogP contribution in [0.2, 0.25) is 0 Å². The van der Waals surface area contributed by atoms with E-state index in [2.05, 4.69) is 0 Å². The minimum atomic E-state index is -1.57. The molecule has 15 heavy (non-hydrogen) atoms. The van der Waals surface area contributed by atoms with Gasteiger partial charge in [-0.05, 0) is 18.4 Å². The third-order valence-electron chi connectivity index (χ3n) is 2.01. The van der Waals surface area contributed by atoms with Crippen LogP contribution in [0.25, 0.3) is 0 Å². The summed E-state index contributed by atoms with van der Waals surface area (Å²) in [6, 6.07) is 3.29. The van der Waals surface area contributed by atoms with Crippen molar-refractivity contribution < 1.29 is 19.5 Å². The highest BCUT2D eigenvalue weighted by Gasteiger charge is 2.20. The molecule has 0 unspecified atom stereocenters. The molecular weight excluding hydrogens is 215 g/mol. The number of thioether (sulfide) groups is 1. The van der Waals surface area contributed by atoms with Gasteiger partial charge in [0.15, 0.2) is 0 Å². The van der Waals surface area contributed by atoms with Gasteiger partial charge >= 0.3 is 7.12 Å². The third-order valence-corrected chi connectivity index (χ3v) is 2.77. The molecule has 1 aromatic carbocycles. The number of benzene rings is 1. The molecule has 0 spiro atoms. The molecule has 0 fully saturated rings. The number of rotatable bonds is 4. The first-order chi connectivity index (χ1) is 7.13. The molecule has 0 aliphatic rings. The molecule has 0 atom stereocenters. The summed E-state index contributed by atoms with van der Waals surface area (Å²) in [6.07, 6.45) is 1.91. The van der Waals surface area contributed by atoms with Gasteiger partial charge in [0.1, 0.15) is 11.5 Å². The van der Waals surface area contributed by atoms with Crippen molar-refractivity contribution in [2.45, 2.75) is 4.90 Å². The van der Waals surface area contributed by atoms with Gasteiger partial charge < -0.3 is 19.5 Å². The predicted octanol–water partition coefficient (Wildman–Crippen LogP) is 0.105. The van der Waals surface area contributed by atoms with E-state index in [1.165, 1.54) is 26.0 Å². The first kappa shape index (κ1) is 12.2. The Morgan fingerprint density at radius 2 is 1.73 bits per heavy atom. The molecule has 6 heteroatoms. The van der Waals surface area contributed by atoms with Crippen LogP contribution in [0.5, 0.6) is 11.5 Å². The molecule has 0 aliphatic carbocycles. The lowest BCUT2D eigenvalue weighted by atomic mass is 9.79. The Bertz CT molecular complexity index is 343. The average molecular weight is 228 g/mol. The first-order valence-electron chi connectivity index (χ1n) is 4.30. The van der Waals surface area contributed by atoms with E-state index in [1.54, 1.807) is 12.1 Å². The van der Waals surface area contributed by atoms with E-state index in [0.29, 0.717) is 17.0 Å². The summed E-state index contributed by atoms with van der Waals surface area (Å²) in [5, 5.41) is 18.3. The summed E-state index contributed by atoms with van der Waals surface area (Å²) in [4.78, 5) is 0.888. The molecule has 82 valence electrons. The molecule has 0 saturated carbocycles. The van der Waals surface area contributed by atoms with Gasteiger partial charge in [-0.15, -0.1) is 11.8 Å². The van der Waals surface area contributed by atoms with Gasteiger partial charge in [-0.25, -0.2) is 0 Å². The Balaban J connectivity index is 3.27. The second-order valence-electron chi connectivity index (χ2n) is 2.82. The zero-order valence-corrected chi connectivity index (χ0v) is 9.67.